The topological polar surface area (TPSA) is 84.7 Å². The van der Waals surface area contributed by atoms with Crippen LogP contribution in [-0.2, 0) is 13.0 Å². The van der Waals surface area contributed by atoms with Crippen LogP contribution < -0.4 is 0 Å². The second-order valence-corrected chi connectivity index (χ2v) is 6.72. The molecular weight excluding hydrogens is 388 g/mol. The fourth-order valence-electron chi connectivity index (χ4n) is 3.39. The van der Waals surface area contributed by atoms with Gasteiger partial charge in [-0.05, 0) is 24.3 Å². The van der Waals surface area contributed by atoms with E-state index in [0.29, 0.717) is 17.0 Å². The number of fused-ring (bicyclic) bond motifs is 2. The summed E-state index contributed by atoms with van der Waals surface area (Å²) in [6.45, 7) is 0.133. The minimum absolute atomic E-state index is 0.0200. The van der Waals surface area contributed by atoms with Crippen molar-refractivity contribution in [1.29, 1.82) is 5.26 Å². The van der Waals surface area contributed by atoms with Gasteiger partial charge in [-0.1, -0.05) is 0 Å². The Morgan fingerprint density at radius 1 is 1.10 bits per heavy atom. The number of nitrogens with zero attached hydrogens (tertiary/aromatic N) is 7. The zero-order chi connectivity index (χ0) is 20.7. The van der Waals surface area contributed by atoms with Gasteiger partial charge in [-0.2, -0.15) is 15.5 Å². The third kappa shape index (κ3) is 2.95. The largest absolute Gasteiger partial charge is 0.258 e. The van der Waals surface area contributed by atoms with Crippen LogP contribution in [0.3, 0.4) is 0 Å². The third-order valence-corrected chi connectivity index (χ3v) is 4.84. The summed E-state index contributed by atoms with van der Waals surface area (Å²) in [4.78, 5) is 8.30. The second kappa shape index (κ2) is 7.00. The number of pyridine rings is 1. The fraction of sp³-hybridized carbons (Fsp3) is 0.0952. The van der Waals surface area contributed by atoms with Crippen molar-refractivity contribution < 1.29 is 8.78 Å². The van der Waals surface area contributed by atoms with E-state index in [9.17, 15) is 8.78 Å². The lowest BCUT2D eigenvalue weighted by Crippen LogP contribution is -2.04. The molecule has 5 aromatic rings. The van der Waals surface area contributed by atoms with Crippen molar-refractivity contribution in [3.63, 3.8) is 0 Å². The van der Waals surface area contributed by atoms with Gasteiger partial charge in [0.25, 0.3) is 0 Å². The molecule has 0 N–H and O–H groups in total. The molecular formula is C21H13F2N7. The van der Waals surface area contributed by atoms with Crippen molar-refractivity contribution in [2.75, 3.05) is 0 Å². The Kier molecular flexibility index (Phi) is 4.17. The van der Waals surface area contributed by atoms with Gasteiger partial charge in [-0.3, -0.25) is 9.67 Å². The summed E-state index contributed by atoms with van der Waals surface area (Å²) in [5, 5.41) is 17.7. The minimum Gasteiger partial charge on any atom is -0.258 e. The maximum atomic E-state index is 15.0. The molecule has 0 spiro atoms. The van der Waals surface area contributed by atoms with Crippen LogP contribution >= 0.6 is 0 Å². The zero-order valence-corrected chi connectivity index (χ0v) is 15.5. The van der Waals surface area contributed by atoms with Crippen LogP contribution in [0.4, 0.5) is 8.78 Å². The number of nitriles is 1. The van der Waals surface area contributed by atoms with Gasteiger partial charge in [0.2, 0.25) is 0 Å². The lowest BCUT2D eigenvalue weighted by atomic mass is 10.0. The lowest BCUT2D eigenvalue weighted by Gasteiger charge is -2.08. The number of aromatic nitrogens is 6. The predicted octanol–water partition coefficient (Wildman–Crippen LogP) is 3.53. The molecule has 0 amide bonds. The molecule has 0 aliphatic heterocycles. The SMILES string of the molecule is N#CCn1cc(-c2ccc3ncc(Cc4c(F)cc5ncccc5c4F)n3n2)cn1. The van der Waals surface area contributed by atoms with Crippen LogP contribution in [0.15, 0.2) is 55.1 Å². The van der Waals surface area contributed by atoms with Crippen molar-refractivity contribution in [3.05, 3.63) is 78.0 Å². The number of hydrogen-bond acceptors (Lipinski definition) is 5. The minimum atomic E-state index is -0.664. The Morgan fingerprint density at radius 3 is 2.87 bits per heavy atom. The molecule has 1 aromatic carbocycles. The van der Waals surface area contributed by atoms with E-state index >= 15 is 0 Å². The normalized spacial score (nSPS) is 11.2. The molecule has 146 valence electrons. The molecule has 0 fully saturated rings. The second-order valence-electron chi connectivity index (χ2n) is 6.72. The molecule has 7 nitrogen and oxygen atoms in total. The van der Waals surface area contributed by atoms with Crippen LogP contribution in [0.1, 0.15) is 11.3 Å². The molecule has 0 aliphatic rings. The van der Waals surface area contributed by atoms with Crippen molar-refractivity contribution in [2.45, 2.75) is 13.0 Å². The molecule has 0 bridgehead atoms. The van der Waals surface area contributed by atoms with Crippen LogP contribution in [0.5, 0.6) is 0 Å². The molecule has 30 heavy (non-hydrogen) atoms. The molecule has 0 atom stereocenters. The monoisotopic (exact) mass is 401 g/mol. The lowest BCUT2D eigenvalue weighted by molar-refractivity contribution is 0.567. The summed E-state index contributed by atoms with van der Waals surface area (Å²) in [6, 6.07) is 9.99. The summed E-state index contributed by atoms with van der Waals surface area (Å²) in [5.41, 5.74) is 2.63. The van der Waals surface area contributed by atoms with E-state index in [1.54, 1.807) is 47.4 Å². The Morgan fingerprint density at radius 2 is 2.00 bits per heavy atom. The van der Waals surface area contributed by atoms with E-state index in [4.69, 9.17) is 5.26 Å². The van der Waals surface area contributed by atoms with Crippen LogP contribution in [-0.4, -0.2) is 29.4 Å². The van der Waals surface area contributed by atoms with E-state index in [1.807, 2.05) is 6.07 Å². The smallest absolute Gasteiger partial charge is 0.153 e. The average Bonchev–Trinajstić information content (AvgIpc) is 3.38. The highest BCUT2D eigenvalue weighted by Gasteiger charge is 2.17. The molecule has 0 unspecified atom stereocenters. The first kappa shape index (κ1) is 17.9. The Labute approximate surface area is 168 Å². The first-order chi connectivity index (χ1) is 14.6. The molecule has 0 aliphatic carbocycles. The van der Waals surface area contributed by atoms with E-state index in [2.05, 4.69) is 20.2 Å². The summed E-state index contributed by atoms with van der Waals surface area (Å²) in [5.74, 6) is -1.30. The van der Waals surface area contributed by atoms with Gasteiger partial charge in [-0.25, -0.2) is 18.3 Å². The number of halogens is 2. The summed E-state index contributed by atoms with van der Waals surface area (Å²) < 4.78 is 32.7. The van der Waals surface area contributed by atoms with Gasteiger partial charge < -0.3 is 0 Å². The highest BCUT2D eigenvalue weighted by molar-refractivity contribution is 5.80. The number of imidazole rings is 1. The number of hydrogen-bond donors (Lipinski definition) is 0. The molecule has 5 rings (SSSR count). The van der Waals surface area contributed by atoms with Crippen molar-refractivity contribution in [3.8, 4) is 17.3 Å². The van der Waals surface area contributed by atoms with E-state index in [-0.39, 0.29) is 29.4 Å². The van der Waals surface area contributed by atoms with Crippen molar-refractivity contribution in [2.24, 2.45) is 0 Å². The van der Waals surface area contributed by atoms with E-state index in [1.165, 1.54) is 16.9 Å². The maximum absolute atomic E-state index is 15.0. The highest BCUT2D eigenvalue weighted by Crippen LogP contribution is 2.25. The average molecular weight is 401 g/mol. The quantitative estimate of drug-likeness (QED) is 0.460. The van der Waals surface area contributed by atoms with Gasteiger partial charge >= 0.3 is 0 Å². The van der Waals surface area contributed by atoms with Crippen LogP contribution in [0, 0.1) is 23.0 Å². The number of rotatable bonds is 4. The summed E-state index contributed by atoms with van der Waals surface area (Å²) in [7, 11) is 0. The van der Waals surface area contributed by atoms with E-state index in [0.717, 1.165) is 5.56 Å². The maximum Gasteiger partial charge on any atom is 0.153 e. The first-order valence-electron chi connectivity index (χ1n) is 9.09. The van der Waals surface area contributed by atoms with Gasteiger partial charge in [0.05, 0.1) is 35.4 Å². The van der Waals surface area contributed by atoms with Gasteiger partial charge in [0, 0.05) is 41.4 Å². The molecule has 0 saturated heterocycles. The first-order valence-corrected chi connectivity index (χ1v) is 9.09. The zero-order valence-electron chi connectivity index (χ0n) is 15.5. The van der Waals surface area contributed by atoms with Gasteiger partial charge in [0.15, 0.2) is 5.65 Å². The Hall–Kier alpha value is -4.19. The fourth-order valence-corrected chi connectivity index (χ4v) is 3.39. The van der Waals surface area contributed by atoms with Gasteiger partial charge in [0.1, 0.15) is 18.2 Å². The van der Waals surface area contributed by atoms with Crippen molar-refractivity contribution >= 4 is 16.6 Å². The Bertz CT molecular complexity index is 1450. The van der Waals surface area contributed by atoms with Crippen LogP contribution in [0.2, 0.25) is 0 Å². The standard InChI is InChI=1S/C21H13F2N7/c22-17-9-19-15(2-1-6-25-19)21(23)16(17)8-14-11-26-20-4-3-18(28-30(14)20)13-10-27-29(12-13)7-5-24/h1-4,6,9-12H,7-8H2. The molecule has 4 aromatic heterocycles. The Balaban J connectivity index is 1.57. The molecule has 9 heteroatoms. The molecule has 4 heterocycles. The van der Waals surface area contributed by atoms with E-state index < -0.39 is 11.6 Å². The van der Waals surface area contributed by atoms with Crippen LogP contribution in [0.25, 0.3) is 27.8 Å². The number of benzene rings is 1. The molecule has 0 saturated carbocycles. The third-order valence-electron chi connectivity index (χ3n) is 4.84. The molecule has 0 radical (unpaired) electrons. The van der Waals surface area contributed by atoms with Crippen molar-refractivity contribution in [1.82, 2.24) is 29.4 Å². The van der Waals surface area contributed by atoms with Gasteiger partial charge in [-0.15, -0.1) is 0 Å². The highest BCUT2D eigenvalue weighted by atomic mass is 19.1. The predicted molar refractivity (Wildman–Crippen MR) is 104 cm³/mol. The summed E-state index contributed by atoms with van der Waals surface area (Å²) >= 11 is 0. The summed E-state index contributed by atoms with van der Waals surface area (Å²) in [6.07, 6.45) is 6.35.